The molecule has 0 aromatic heterocycles. The average molecular weight is 817 g/mol. The zero-order valence-electron chi connectivity index (χ0n) is 38.5. The number of carbonyl (C=O) groups is 2. The summed E-state index contributed by atoms with van der Waals surface area (Å²) in [5.74, 6) is -0.171. The maximum Gasteiger partial charge on any atom is 0.321 e. The van der Waals surface area contributed by atoms with Crippen LogP contribution in [0.1, 0.15) is 169 Å². The van der Waals surface area contributed by atoms with Crippen molar-refractivity contribution >= 4 is 34.6 Å². The Morgan fingerprint density at radius 2 is 0.800 bits per heavy atom. The zero-order chi connectivity index (χ0) is 43.4. The van der Waals surface area contributed by atoms with E-state index in [9.17, 15) is 4.79 Å². The van der Waals surface area contributed by atoms with E-state index in [-0.39, 0.29) is 10.8 Å². The fourth-order valence-corrected chi connectivity index (χ4v) is 7.90. The molecule has 0 fully saturated rings. The van der Waals surface area contributed by atoms with Crippen LogP contribution in [-0.2, 0) is 20.4 Å². The molecule has 0 aliphatic rings. The maximum absolute atomic E-state index is 15.3. The van der Waals surface area contributed by atoms with Gasteiger partial charge in [0.15, 0.2) is 11.5 Å². The SMILES string of the molecule is CCCCCCCCCCOc1c(N(C(=O)C(=O)N(c2ccccc2)c2ccccc2)c2ccccc2)cc(C(C)(C)C)c(C(C)(C)C)c1OCCCCCCCCCC. The molecule has 326 valence electrons. The minimum atomic E-state index is -0.691. The molecule has 0 N–H and O–H groups in total. The summed E-state index contributed by atoms with van der Waals surface area (Å²) >= 11 is 0. The van der Waals surface area contributed by atoms with Gasteiger partial charge < -0.3 is 9.47 Å². The van der Waals surface area contributed by atoms with Gasteiger partial charge in [-0.1, -0.05) is 200 Å². The Kier molecular flexibility index (Phi) is 19.7. The van der Waals surface area contributed by atoms with Gasteiger partial charge in [0, 0.05) is 22.6 Å². The van der Waals surface area contributed by atoms with Crippen LogP contribution in [0.15, 0.2) is 97.1 Å². The molecular weight excluding hydrogens is 741 g/mol. The molecule has 0 spiro atoms. The highest BCUT2D eigenvalue weighted by molar-refractivity contribution is 6.47. The summed E-state index contributed by atoms with van der Waals surface area (Å²) < 4.78 is 14.0. The van der Waals surface area contributed by atoms with E-state index < -0.39 is 11.8 Å². The van der Waals surface area contributed by atoms with Crippen LogP contribution in [0, 0.1) is 0 Å². The van der Waals surface area contributed by atoms with E-state index in [4.69, 9.17) is 9.47 Å². The van der Waals surface area contributed by atoms with Gasteiger partial charge >= 0.3 is 11.8 Å². The fourth-order valence-electron chi connectivity index (χ4n) is 7.90. The van der Waals surface area contributed by atoms with E-state index in [1.54, 1.807) is 4.90 Å². The normalized spacial score (nSPS) is 11.7. The molecule has 0 unspecified atom stereocenters. The predicted molar refractivity (Wildman–Crippen MR) is 254 cm³/mol. The summed E-state index contributed by atoms with van der Waals surface area (Å²) in [4.78, 5) is 33.4. The number of hydrogen-bond acceptors (Lipinski definition) is 4. The van der Waals surface area contributed by atoms with E-state index in [0.29, 0.717) is 47.5 Å². The van der Waals surface area contributed by atoms with Crippen LogP contribution in [-0.4, -0.2) is 25.0 Å². The zero-order valence-corrected chi connectivity index (χ0v) is 38.5. The van der Waals surface area contributed by atoms with E-state index in [1.807, 2.05) is 91.0 Å². The summed E-state index contributed by atoms with van der Waals surface area (Å²) in [7, 11) is 0. The lowest BCUT2D eigenvalue weighted by atomic mass is 9.74. The van der Waals surface area contributed by atoms with Gasteiger partial charge in [-0.15, -0.1) is 0 Å². The number of anilines is 4. The molecule has 4 aromatic carbocycles. The van der Waals surface area contributed by atoms with Crippen molar-refractivity contribution in [3.8, 4) is 11.5 Å². The summed E-state index contributed by atoms with van der Waals surface area (Å²) in [6.45, 7) is 18.8. The lowest BCUT2D eigenvalue weighted by molar-refractivity contribution is -0.135. The Morgan fingerprint density at radius 3 is 1.18 bits per heavy atom. The quantitative estimate of drug-likeness (QED) is 0.0522. The highest BCUT2D eigenvalue weighted by Crippen LogP contribution is 2.51. The molecule has 0 aliphatic heterocycles. The number of para-hydroxylation sites is 3. The van der Waals surface area contributed by atoms with Crippen LogP contribution >= 0.6 is 0 Å². The highest BCUT2D eigenvalue weighted by Gasteiger charge is 2.38. The average Bonchev–Trinajstić information content (AvgIpc) is 3.23. The van der Waals surface area contributed by atoms with Crippen molar-refractivity contribution < 1.29 is 19.1 Å². The third-order valence-corrected chi connectivity index (χ3v) is 11.1. The smallest absolute Gasteiger partial charge is 0.321 e. The monoisotopic (exact) mass is 817 g/mol. The van der Waals surface area contributed by atoms with E-state index in [2.05, 4.69) is 61.5 Å². The summed E-state index contributed by atoms with van der Waals surface area (Å²) in [5.41, 5.74) is 3.78. The second-order valence-corrected chi connectivity index (χ2v) is 18.4. The number of rotatable bonds is 24. The third-order valence-electron chi connectivity index (χ3n) is 11.1. The Morgan fingerprint density at radius 1 is 0.450 bits per heavy atom. The molecule has 0 aliphatic carbocycles. The first-order chi connectivity index (χ1) is 28.9. The Bertz CT molecular complexity index is 1800. The molecule has 0 radical (unpaired) electrons. The van der Waals surface area contributed by atoms with Crippen molar-refractivity contribution in [1.29, 1.82) is 0 Å². The first-order valence-electron chi connectivity index (χ1n) is 23.2. The molecule has 60 heavy (non-hydrogen) atoms. The van der Waals surface area contributed by atoms with E-state index in [1.165, 1.54) is 75.5 Å². The van der Waals surface area contributed by atoms with Gasteiger partial charge in [0.2, 0.25) is 0 Å². The van der Waals surface area contributed by atoms with Gasteiger partial charge in [-0.05, 0) is 71.7 Å². The van der Waals surface area contributed by atoms with Crippen LogP contribution in [0.2, 0.25) is 0 Å². The molecule has 0 bridgehead atoms. The van der Waals surface area contributed by atoms with Gasteiger partial charge in [0.05, 0.1) is 18.9 Å². The topological polar surface area (TPSA) is 59.1 Å². The largest absolute Gasteiger partial charge is 0.489 e. The standard InChI is InChI=1S/C54H76N2O4/c1-9-11-13-15-17-19-21-32-40-59-49-47(42-46(53(3,4)5)48(54(6,7)8)50(49)60-41-33-22-20-18-16-14-12-10-2)56(45-38-30-25-31-39-45)52(58)51(57)55(43-34-26-23-27-35-43)44-36-28-24-29-37-44/h23-31,34-39,42H,9-22,32-33,40-41H2,1-8H3. The number of ether oxygens (including phenoxy) is 2. The minimum absolute atomic E-state index is 0.318. The number of amides is 2. The molecule has 4 rings (SSSR count). The van der Waals surface area contributed by atoms with Crippen molar-refractivity contribution in [3.63, 3.8) is 0 Å². The molecule has 0 atom stereocenters. The van der Waals surface area contributed by atoms with Crippen molar-refractivity contribution in [1.82, 2.24) is 0 Å². The number of carbonyl (C=O) groups excluding carboxylic acids is 2. The summed E-state index contributed by atoms with van der Waals surface area (Å²) in [5, 5.41) is 0. The van der Waals surface area contributed by atoms with Crippen molar-refractivity contribution in [2.75, 3.05) is 23.0 Å². The Balaban J connectivity index is 1.86. The Labute approximate surface area is 364 Å². The lowest BCUT2D eigenvalue weighted by Gasteiger charge is -2.36. The third kappa shape index (κ3) is 14.3. The highest BCUT2D eigenvalue weighted by atomic mass is 16.5. The molecule has 6 heteroatoms. The molecule has 2 amide bonds. The first-order valence-corrected chi connectivity index (χ1v) is 23.2. The van der Waals surface area contributed by atoms with Gasteiger partial charge in [0.1, 0.15) is 0 Å². The molecule has 6 nitrogen and oxygen atoms in total. The van der Waals surface area contributed by atoms with Crippen molar-refractivity contribution in [2.24, 2.45) is 0 Å². The minimum Gasteiger partial charge on any atom is -0.489 e. The van der Waals surface area contributed by atoms with Gasteiger partial charge in [0.25, 0.3) is 0 Å². The summed E-state index contributed by atoms with van der Waals surface area (Å²) in [6.07, 6.45) is 19.0. The Hall–Kier alpha value is -4.58. The summed E-state index contributed by atoms with van der Waals surface area (Å²) in [6, 6.07) is 30.4. The van der Waals surface area contributed by atoms with Crippen LogP contribution < -0.4 is 19.3 Å². The number of nitrogens with zero attached hydrogens (tertiary/aromatic N) is 2. The van der Waals surface area contributed by atoms with Crippen LogP contribution in [0.3, 0.4) is 0 Å². The van der Waals surface area contributed by atoms with Gasteiger partial charge in [-0.2, -0.15) is 0 Å². The molecule has 4 aromatic rings. The molecule has 0 saturated heterocycles. The fraction of sp³-hybridized carbons (Fsp3) is 0.519. The van der Waals surface area contributed by atoms with Crippen molar-refractivity contribution in [3.05, 3.63) is 108 Å². The van der Waals surface area contributed by atoms with E-state index in [0.717, 1.165) is 43.2 Å². The van der Waals surface area contributed by atoms with E-state index >= 15 is 4.79 Å². The van der Waals surface area contributed by atoms with Crippen LogP contribution in [0.4, 0.5) is 22.7 Å². The second kappa shape index (κ2) is 24.6. The molecular formula is C54H76N2O4. The number of benzene rings is 4. The first kappa shape index (κ1) is 48.1. The van der Waals surface area contributed by atoms with Crippen LogP contribution in [0.5, 0.6) is 11.5 Å². The predicted octanol–water partition coefficient (Wildman–Crippen LogP) is 15.4. The molecule has 0 heterocycles. The number of hydrogen-bond donors (Lipinski definition) is 0. The van der Waals surface area contributed by atoms with Gasteiger partial charge in [-0.25, -0.2) is 0 Å². The molecule has 0 saturated carbocycles. The van der Waals surface area contributed by atoms with Crippen molar-refractivity contribution in [2.45, 2.75) is 169 Å². The number of unbranched alkanes of at least 4 members (excludes halogenated alkanes) is 14. The maximum atomic E-state index is 15.3. The second-order valence-electron chi connectivity index (χ2n) is 18.4. The van der Waals surface area contributed by atoms with Crippen LogP contribution in [0.25, 0.3) is 0 Å². The van der Waals surface area contributed by atoms with Gasteiger partial charge in [-0.3, -0.25) is 19.4 Å². The lowest BCUT2D eigenvalue weighted by Crippen LogP contribution is -2.42.